The number of nitrogens with one attached hydrogen (secondary N) is 2. The van der Waals surface area contributed by atoms with Crippen molar-refractivity contribution in [3.8, 4) is 10.8 Å². The van der Waals surface area contributed by atoms with E-state index in [9.17, 15) is 27.2 Å². The molecule has 2 aromatic carbocycles. The van der Waals surface area contributed by atoms with Crippen molar-refractivity contribution in [2.45, 2.75) is 12.6 Å². The summed E-state index contributed by atoms with van der Waals surface area (Å²) in [6.45, 7) is 0. The van der Waals surface area contributed by atoms with Crippen LogP contribution in [0.5, 0.6) is 0 Å². The largest absolute Gasteiger partial charge is 0.462 e. The fourth-order valence-corrected chi connectivity index (χ4v) is 3.86. The molecule has 0 atom stereocenters. The summed E-state index contributed by atoms with van der Waals surface area (Å²) in [5.41, 5.74) is -1.80. The summed E-state index contributed by atoms with van der Waals surface area (Å²) in [4.78, 5) is 28.9. The van der Waals surface area contributed by atoms with Crippen LogP contribution in [0.15, 0.2) is 70.7 Å². The van der Waals surface area contributed by atoms with Gasteiger partial charge in [-0.1, -0.05) is 12.1 Å². The Hall–Kier alpha value is -3.99. The molecule has 0 aliphatic heterocycles. The first-order chi connectivity index (χ1) is 16.2. The molecule has 34 heavy (non-hydrogen) atoms. The molecule has 4 rings (SSSR count). The molecule has 174 valence electrons. The summed E-state index contributed by atoms with van der Waals surface area (Å²) >= 11 is 1.24. The standard InChI is InChI=1S/C23H15F4N3O3S/c24-17-5-2-1-4-15(17)21(32)28-13-7-8-18(16(10-13)23(25,26)27)30-20(31)11-14-12-34-22(29-14)19-6-3-9-33-19/h1-10,12H,11H2,(H,28,32)(H,30,31). The highest BCUT2D eigenvalue weighted by Gasteiger charge is 2.34. The van der Waals surface area contributed by atoms with Crippen LogP contribution < -0.4 is 10.6 Å². The second kappa shape index (κ2) is 9.48. The lowest BCUT2D eigenvalue weighted by atomic mass is 10.1. The minimum Gasteiger partial charge on any atom is -0.462 e. The van der Waals surface area contributed by atoms with E-state index in [0.717, 1.165) is 12.1 Å². The second-order valence-electron chi connectivity index (χ2n) is 7.04. The normalized spacial score (nSPS) is 11.3. The van der Waals surface area contributed by atoms with Gasteiger partial charge in [0.05, 0.1) is 35.2 Å². The van der Waals surface area contributed by atoms with Crippen molar-refractivity contribution in [3.63, 3.8) is 0 Å². The Balaban J connectivity index is 1.49. The van der Waals surface area contributed by atoms with E-state index in [2.05, 4.69) is 15.6 Å². The van der Waals surface area contributed by atoms with Crippen molar-refractivity contribution in [2.24, 2.45) is 0 Å². The number of hydrogen-bond donors (Lipinski definition) is 2. The number of anilines is 2. The number of alkyl halides is 3. The lowest BCUT2D eigenvalue weighted by molar-refractivity contribution is -0.136. The Morgan fingerprint density at radius 2 is 1.82 bits per heavy atom. The molecule has 2 heterocycles. The van der Waals surface area contributed by atoms with Crippen molar-refractivity contribution < 1.29 is 31.6 Å². The monoisotopic (exact) mass is 489 g/mol. The predicted molar refractivity (Wildman–Crippen MR) is 118 cm³/mol. The Morgan fingerprint density at radius 3 is 2.53 bits per heavy atom. The first kappa shape index (κ1) is 23.2. The number of nitrogens with zero attached hydrogens (tertiary/aromatic N) is 1. The number of hydrogen-bond acceptors (Lipinski definition) is 5. The van der Waals surface area contributed by atoms with Crippen LogP contribution in [0, 0.1) is 5.82 Å². The molecule has 4 aromatic rings. The van der Waals surface area contributed by atoms with Crippen molar-refractivity contribution in [1.29, 1.82) is 0 Å². The molecule has 0 spiro atoms. The van der Waals surface area contributed by atoms with Crippen molar-refractivity contribution in [2.75, 3.05) is 10.6 Å². The molecule has 0 unspecified atom stereocenters. The summed E-state index contributed by atoms with van der Waals surface area (Å²) in [5.74, 6) is -1.90. The van der Waals surface area contributed by atoms with E-state index in [1.54, 1.807) is 17.5 Å². The highest BCUT2D eigenvalue weighted by Crippen LogP contribution is 2.37. The Bertz CT molecular complexity index is 1330. The highest BCUT2D eigenvalue weighted by atomic mass is 32.1. The average molecular weight is 489 g/mol. The second-order valence-corrected chi connectivity index (χ2v) is 7.90. The number of furan rings is 1. The van der Waals surface area contributed by atoms with E-state index >= 15 is 0 Å². The van der Waals surface area contributed by atoms with Gasteiger partial charge in [-0.15, -0.1) is 11.3 Å². The lowest BCUT2D eigenvalue weighted by Crippen LogP contribution is -2.19. The third-order valence-corrected chi connectivity index (χ3v) is 5.51. The zero-order chi connectivity index (χ0) is 24.3. The topological polar surface area (TPSA) is 84.2 Å². The lowest BCUT2D eigenvalue weighted by Gasteiger charge is -2.16. The Kier molecular flexibility index (Phi) is 6.46. The van der Waals surface area contributed by atoms with Crippen LogP contribution in [0.2, 0.25) is 0 Å². The van der Waals surface area contributed by atoms with Gasteiger partial charge in [-0.2, -0.15) is 13.2 Å². The van der Waals surface area contributed by atoms with Crippen LogP contribution in [-0.2, 0) is 17.4 Å². The molecule has 2 N–H and O–H groups in total. The SMILES string of the molecule is O=C(Cc1csc(-c2ccco2)n1)Nc1ccc(NC(=O)c2ccccc2F)cc1C(F)(F)F. The van der Waals surface area contributed by atoms with Gasteiger partial charge in [-0.3, -0.25) is 9.59 Å². The number of benzene rings is 2. The molecule has 11 heteroatoms. The first-order valence-corrected chi connectivity index (χ1v) is 10.6. The maximum atomic E-state index is 13.8. The van der Waals surface area contributed by atoms with Crippen LogP contribution in [0.3, 0.4) is 0 Å². The van der Waals surface area contributed by atoms with Crippen LogP contribution in [0.4, 0.5) is 28.9 Å². The molecule has 6 nitrogen and oxygen atoms in total. The summed E-state index contributed by atoms with van der Waals surface area (Å²) < 4.78 is 59.9. The van der Waals surface area contributed by atoms with Gasteiger partial charge in [-0.25, -0.2) is 9.37 Å². The van der Waals surface area contributed by atoms with E-state index in [0.29, 0.717) is 22.5 Å². The van der Waals surface area contributed by atoms with Crippen LogP contribution in [-0.4, -0.2) is 16.8 Å². The summed E-state index contributed by atoms with van der Waals surface area (Å²) in [5, 5.41) is 6.63. The van der Waals surface area contributed by atoms with Crippen molar-refractivity contribution in [3.05, 3.63) is 88.9 Å². The van der Waals surface area contributed by atoms with Crippen LogP contribution in [0.25, 0.3) is 10.8 Å². The summed E-state index contributed by atoms with van der Waals surface area (Å²) in [6.07, 6.45) is -3.60. The van der Waals surface area contributed by atoms with Crippen molar-refractivity contribution >= 4 is 34.5 Å². The van der Waals surface area contributed by atoms with Gasteiger partial charge in [0, 0.05) is 11.1 Å². The zero-order valence-corrected chi connectivity index (χ0v) is 18.0. The van der Waals surface area contributed by atoms with E-state index in [1.165, 1.54) is 41.9 Å². The zero-order valence-electron chi connectivity index (χ0n) is 17.2. The van der Waals surface area contributed by atoms with E-state index in [-0.39, 0.29) is 17.7 Å². The van der Waals surface area contributed by atoms with Gasteiger partial charge in [0.2, 0.25) is 5.91 Å². The number of halogens is 4. The molecule has 0 saturated carbocycles. The number of aromatic nitrogens is 1. The maximum Gasteiger partial charge on any atom is 0.418 e. The van der Waals surface area contributed by atoms with E-state index < -0.39 is 35.1 Å². The average Bonchev–Trinajstić information content (AvgIpc) is 3.46. The van der Waals surface area contributed by atoms with E-state index in [1.807, 2.05) is 0 Å². The Labute approximate surface area is 194 Å². The van der Waals surface area contributed by atoms with Gasteiger partial charge < -0.3 is 15.1 Å². The fraction of sp³-hybridized carbons (Fsp3) is 0.0870. The Morgan fingerprint density at radius 1 is 1.03 bits per heavy atom. The van der Waals surface area contributed by atoms with Crippen LogP contribution >= 0.6 is 11.3 Å². The molecule has 2 amide bonds. The highest BCUT2D eigenvalue weighted by molar-refractivity contribution is 7.13. The molecule has 0 bridgehead atoms. The molecule has 2 aromatic heterocycles. The number of thiazole rings is 1. The van der Waals surface area contributed by atoms with Gasteiger partial charge >= 0.3 is 6.18 Å². The molecule has 0 aliphatic carbocycles. The first-order valence-electron chi connectivity index (χ1n) is 9.76. The number of carbonyl (C=O) groups is 2. The number of carbonyl (C=O) groups excluding carboxylic acids is 2. The fourth-order valence-electron chi connectivity index (χ4n) is 3.07. The van der Waals surface area contributed by atoms with Gasteiger partial charge in [-0.05, 0) is 42.5 Å². The molecular weight excluding hydrogens is 474 g/mol. The minimum atomic E-state index is -4.82. The molecular formula is C23H15F4N3O3S. The minimum absolute atomic E-state index is 0.207. The maximum absolute atomic E-state index is 13.8. The van der Waals surface area contributed by atoms with Gasteiger partial charge in [0.25, 0.3) is 5.91 Å². The van der Waals surface area contributed by atoms with Crippen LogP contribution in [0.1, 0.15) is 21.6 Å². The smallest absolute Gasteiger partial charge is 0.418 e. The summed E-state index contributed by atoms with van der Waals surface area (Å²) in [6, 6.07) is 11.3. The van der Waals surface area contributed by atoms with Crippen molar-refractivity contribution in [1.82, 2.24) is 4.98 Å². The molecule has 0 saturated heterocycles. The quantitative estimate of drug-likeness (QED) is 0.326. The summed E-state index contributed by atoms with van der Waals surface area (Å²) in [7, 11) is 0. The predicted octanol–water partition coefficient (Wildman–Crippen LogP) is 5.99. The molecule has 0 radical (unpaired) electrons. The molecule has 0 aliphatic rings. The third-order valence-electron chi connectivity index (χ3n) is 4.60. The number of rotatable bonds is 6. The van der Waals surface area contributed by atoms with E-state index in [4.69, 9.17) is 4.42 Å². The third kappa shape index (κ3) is 5.31. The van der Waals surface area contributed by atoms with Gasteiger partial charge in [0.15, 0.2) is 10.8 Å². The van der Waals surface area contributed by atoms with Gasteiger partial charge in [0.1, 0.15) is 5.82 Å². The molecule has 0 fully saturated rings. The number of amides is 2.